The number of carbonyl (C=O) groups excluding carboxylic acids is 1. The number of carbonyl (C=O) groups is 1. The first kappa shape index (κ1) is 15.1. The Morgan fingerprint density at radius 2 is 2.14 bits per heavy atom. The van der Waals surface area contributed by atoms with Crippen LogP contribution in [0.4, 0.5) is 10.5 Å². The zero-order chi connectivity index (χ0) is 15.2. The Bertz CT molecular complexity index is 681. The van der Waals surface area contributed by atoms with Gasteiger partial charge in [0.1, 0.15) is 5.58 Å². The van der Waals surface area contributed by atoms with Crippen molar-refractivity contribution in [2.45, 2.75) is 25.8 Å². The zero-order valence-corrected chi connectivity index (χ0v) is 11.8. The van der Waals surface area contributed by atoms with Crippen LogP contribution in [0, 0.1) is 0 Å². The molecule has 0 fully saturated rings. The lowest BCUT2D eigenvalue weighted by atomic mass is 10.1. The molecule has 0 saturated carbocycles. The molecule has 0 aliphatic carbocycles. The predicted molar refractivity (Wildman–Crippen MR) is 80.4 cm³/mol. The lowest BCUT2D eigenvalue weighted by Gasteiger charge is -2.16. The largest absolute Gasteiger partial charge is 0.423 e. The SMILES string of the molecule is CCC(CCO)NC(=O)Nc1ccc2oc(=O)ccc2c1. The van der Waals surface area contributed by atoms with E-state index in [1.807, 2.05) is 6.92 Å². The van der Waals surface area contributed by atoms with Gasteiger partial charge in [-0.25, -0.2) is 9.59 Å². The van der Waals surface area contributed by atoms with Crippen molar-refractivity contribution in [3.8, 4) is 0 Å². The Morgan fingerprint density at radius 3 is 2.86 bits per heavy atom. The Labute approximate surface area is 121 Å². The Balaban J connectivity index is 2.07. The number of fused-ring (bicyclic) bond motifs is 1. The third-order valence-corrected chi connectivity index (χ3v) is 3.18. The standard InChI is InChI=1S/C15H18N2O4/c1-2-11(7-8-18)16-15(20)17-12-4-5-13-10(9-12)3-6-14(19)21-13/h3-6,9,11,18H,2,7-8H2,1H3,(H2,16,17,20). The second kappa shape index (κ2) is 6.90. The van der Waals surface area contributed by atoms with Crippen LogP contribution in [0.5, 0.6) is 0 Å². The summed E-state index contributed by atoms with van der Waals surface area (Å²) in [5.41, 5.74) is 0.670. The Hall–Kier alpha value is -2.34. The van der Waals surface area contributed by atoms with Gasteiger partial charge in [0.05, 0.1) is 0 Å². The van der Waals surface area contributed by atoms with Crippen LogP contribution in [0.3, 0.4) is 0 Å². The molecule has 1 aromatic heterocycles. The second-order valence-corrected chi connectivity index (χ2v) is 4.72. The first-order valence-corrected chi connectivity index (χ1v) is 6.84. The molecular weight excluding hydrogens is 272 g/mol. The summed E-state index contributed by atoms with van der Waals surface area (Å²) in [5.74, 6) is 0. The molecule has 0 aliphatic rings. The molecule has 1 atom stereocenters. The zero-order valence-electron chi connectivity index (χ0n) is 11.8. The molecule has 112 valence electrons. The molecule has 0 bridgehead atoms. The van der Waals surface area contributed by atoms with Crippen molar-refractivity contribution in [3.63, 3.8) is 0 Å². The minimum absolute atomic E-state index is 0.0355. The summed E-state index contributed by atoms with van der Waals surface area (Å²) < 4.78 is 5.02. The van der Waals surface area contributed by atoms with Gasteiger partial charge in [-0.2, -0.15) is 0 Å². The number of aliphatic hydroxyl groups excluding tert-OH is 1. The Kier molecular flexibility index (Phi) is 4.94. The second-order valence-electron chi connectivity index (χ2n) is 4.72. The summed E-state index contributed by atoms with van der Waals surface area (Å²) in [5, 5.41) is 15.1. The summed E-state index contributed by atoms with van der Waals surface area (Å²) in [7, 11) is 0. The molecule has 0 spiro atoms. The first-order valence-electron chi connectivity index (χ1n) is 6.84. The molecule has 1 aromatic carbocycles. The van der Waals surface area contributed by atoms with E-state index in [1.165, 1.54) is 6.07 Å². The van der Waals surface area contributed by atoms with Crippen molar-refractivity contribution in [3.05, 3.63) is 40.8 Å². The topological polar surface area (TPSA) is 91.6 Å². The van der Waals surface area contributed by atoms with Gasteiger partial charge >= 0.3 is 11.7 Å². The van der Waals surface area contributed by atoms with Gasteiger partial charge in [-0.15, -0.1) is 0 Å². The molecule has 1 unspecified atom stereocenters. The number of aliphatic hydroxyl groups is 1. The van der Waals surface area contributed by atoms with Crippen LogP contribution in [0.25, 0.3) is 11.0 Å². The van der Waals surface area contributed by atoms with Crippen LogP contribution >= 0.6 is 0 Å². The van der Waals surface area contributed by atoms with Gasteiger partial charge in [0, 0.05) is 29.8 Å². The fraction of sp³-hybridized carbons (Fsp3) is 0.333. The van der Waals surface area contributed by atoms with Crippen LogP contribution in [0.1, 0.15) is 19.8 Å². The number of amides is 2. The van der Waals surface area contributed by atoms with E-state index in [4.69, 9.17) is 9.52 Å². The average Bonchev–Trinajstić information content (AvgIpc) is 2.47. The molecule has 2 amide bonds. The maximum Gasteiger partial charge on any atom is 0.336 e. The van der Waals surface area contributed by atoms with Gasteiger partial charge < -0.3 is 20.2 Å². The lowest BCUT2D eigenvalue weighted by Crippen LogP contribution is -2.38. The number of benzene rings is 1. The van der Waals surface area contributed by atoms with Crippen LogP contribution < -0.4 is 16.3 Å². The minimum Gasteiger partial charge on any atom is -0.423 e. The molecule has 0 radical (unpaired) electrons. The fourth-order valence-electron chi connectivity index (χ4n) is 2.04. The van der Waals surface area contributed by atoms with Crippen LogP contribution in [-0.2, 0) is 0 Å². The van der Waals surface area contributed by atoms with E-state index in [9.17, 15) is 9.59 Å². The van der Waals surface area contributed by atoms with E-state index in [1.54, 1.807) is 24.3 Å². The normalized spacial score (nSPS) is 12.1. The van der Waals surface area contributed by atoms with Crippen LogP contribution in [0.15, 0.2) is 39.5 Å². The van der Waals surface area contributed by atoms with E-state index in [2.05, 4.69) is 10.6 Å². The molecule has 21 heavy (non-hydrogen) atoms. The van der Waals surface area contributed by atoms with E-state index >= 15 is 0 Å². The van der Waals surface area contributed by atoms with Crippen molar-refractivity contribution >= 4 is 22.7 Å². The first-order chi connectivity index (χ1) is 10.1. The number of hydrogen-bond donors (Lipinski definition) is 3. The van der Waals surface area contributed by atoms with Gasteiger partial charge in [0.25, 0.3) is 0 Å². The highest BCUT2D eigenvalue weighted by atomic mass is 16.4. The van der Waals surface area contributed by atoms with Crippen LogP contribution in [0.2, 0.25) is 0 Å². The van der Waals surface area contributed by atoms with Gasteiger partial charge in [-0.1, -0.05) is 6.92 Å². The average molecular weight is 290 g/mol. The maximum absolute atomic E-state index is 11.9. The number of anilines is 1. The summed E-state index contributed by atoms with van der Waals surface area (Å²) in [6, 6.07) is 7.62. The fourth-order valence-corrected chi connectivity index (χ4v) is 2.04. The molecule has 2 rings (SSSR count). The van der Waals surface area contributed by atoms with Crippen molar-refractivity contribution in [2.75, 3.05) is 11.9 Å². The summed E-state index contributed by atoms with van der Waals surface area (Å²) in [4.78, 5) is 23.0. The van der Waals surface area contributed by atoms with Crippen LogP contribution in [-0.4, -0.2) is 23.8 Å². The predicted octanol–water partition coefficient (Wildman–Crippen LogP) is 2.08. The van der Waals surface area contributed by atoms with Crippen molar-refractivity contribution < 1.29 is 14.3 Å². The molecule has 6 heteroatoms. The molecule has 6 nitrogen and oxygen atoms in total. The van der Waals surface area contributed by atoms with Gasteiger partial charge in [-0.3, -0.25) is 0 Å². The molecule has 0 aliphatic heterocycles. The minimum atomic E-state index is -0.407. The summed E-state index contributed by atoms with van der Waals surface area (Å²) in [6.45, 7) is 1.98. The highest BCUT2D eigenvalue weighted by molar-refractivity contribution is 5.92. The summed E-state index contributed by atoms with van der Waals surface area (Å²) in [6.07, 6.45) is 1.27. The number of urea groups is 1. The van der Waals surface area contributed by atoms with E-state index in [0.29, 0.717) is 17.7 Å². The highest BCUT2D eigenvalue weighted by Gasteiger charge is 2.10. The molecule has 3 N–H and O–H groups in total. The third kappa shape index (κ3) is 4.06. The van der Waals surface area contributed by atoms with E-state index in [-0.39, 0.29) is 18.7 Å². The van der Waals surface area contributed by atoms with Crippen molar-refractivity contribution in [1.82, 2.24) is 5.32 Å². The number of hydrogen-bond acceptors (Lipinski definition) is 4. The van der Waals surface area contributed by atoms with Gasteiger partial charge in [0.15, 0.2) is 0 Å². The third-order valence-electron chi connectivity index (χ3n) is 3.18. The monoisotopic (exact) mass is 290 g/mol. The quantitative estimate of drug-likeness (QED) is 0.735. The summed E-state index contributed by atoms with van der Waals surface area (Å²) >= 11 is 0. The van der Waals surface area contributed by atoms with E-state index in [0.717, 1.165) is 11.8 Å². The number of rotatable bonds is 5. The lowest BCUT2D eigenvalue weighted by molar-refractivity contribution is 0.237. The van der Waals surface area contributed by atoms with Gasteiger partial charge in [0.2, 0.25) is 0 Å². The van der Waals surface area contributed by atoms with Gasteiger partial charge in [-0.05, 0) is 37.1 Å². The highest BCUT2D eigenvalue weighted by Crippen LogP contribution is 2.17. The van der Waals surface area contributed by atoms with Crippen molar-refractivity contribution in [1.29, 1.82) is 0 Å². The molecule has 2 aromatic rings. The maximum atomic E-state index is 11.9. The molecule has 1 heterocycles. The molecule has 0 saturated heterocycles. The number of nitrogens with one attached hydrogen (secondary N) is 2. The molecular formula is C15H18N2O4. The van der Waals surface area contributed by atoms with Crippen molar-refractivity contribution in [2.24, 2.45) is 0 Å². The van der Waals surface area contributed by atoms with E-state index < -0.39 is 5.63 Å². The smallest absolute Gasteiger partial charge is 0.336 e. The Morgan fingerprint density at radius 1 is 1.33 bits per heavy atom.